The minimum atomic E-state index is 0.195. The normalized spacial score (nSPS) is 11.9. The number of ether oxygens (including phenoxy) is 1. The van der Waals surface area contributed by atoms with E-state index in [0.29, 0.717) is 11.8 Å². The molecule has 3 nitrogen and oxygen atoms in total. The third-order valence-electron chi connectivity index (χ3n) is 1.84. The predicted molar refractivity (Wildman–Crippen MR) is 81.5 cm³/mol. The average Bonchev–Trinajstić information content (AvgIpc) is 2.21. The lowest BCUT2D eigenvalue weighted by Gasteiger charge is -2.17. The van der Waals surface area contributed by atoms with E-state index in [9.17, 15) is 0 Å². The van der Waals surface area contributed by atoms with E-state index < -0.39 is 0 Å². The molecule has 0 aliphatic heterocycles. The van der Waals surface area contributed by atoms with Gasteiger partial charge in [0.15, 0.2) is 0 Å². The maximum Gasteiger partial charge on any atom is 0.146 e. The number of methoxy groups -OCH3 is 1. The third-order valence-corrected chi connectivity index (χ3v) is 4.84. The van der Waals surface area contributed by atoms with Crippen LogP contribution in [0.3, 0.4) is 0 Å². The summed E-state index contributed by atoms with van der Waals surface area (Å²) in [6.45, 7) is 6.97. The van der Waals surface area contributed by atoms with Crippen LogP contribution in [0.5, 0.6) is 0 Å². The molecule has 0 atom stereocenters. The highest BCUT2D eigenvalue weighted by atomic mass is 127. The Bertz CT molecular complexity index is 396. The zero-order valence-corrected chi connectivity index (χ0v) is 14.1. The third kappa shape index (κ3) is 5.28. The van der Waals surface area contributed by atoms with Crippen LogP contribution in [0, 0.1) is 3.57 Å². The maximum absolute atomic E-state index is 6.08. The van der Waals surface area contributed by atoms with E-state index in [1.807, 2.05) is 0 Å². The van der Waals surface area contributed by atoms with Crippen molar-refractivity contribution in [2.24, 2.45) is 0 Å². The van der Waals surface area contributed by atoms with Crippen molar-refractivity contribution in [3.05, 3.63) is 20.2 Å². The first kappa shape index (κ1) is 15.5. The summed E-state index contributed by atoms with van der Waals surface area (Å²) in [7, 11) is 1.65. The Morgan fingerprint density at radius 1 is 1.35 bits per heavy atom. The second-order valence-electron chi connectivity index (χ2n) is 4.53. The van der Waals surface area contributed by atoms with Gasteiger partial charge in [-0.25, -0.2) is 9.97 Å². The highest BCUT2D eigenvalue weighted by molar-refractivity contribution is 14.1. The molecular formula is C11H16ClIN2OS. The summed E-state index contributed by atoms with van der Waals surface area (Å²) in [4.78, 5) is 8.77. The van der Waals surface area contributed by atoms with Crippen LogP contribution in [0.15, 0.2) is 0 Å². The topological polar surface area (TPSA) is 35.0 Å². The molecule has 0 spiro atoms. The van der Waals surface area contributed by atoms with Gasteiger partial charge in [-0.05, 0) is 22.6 Å². The highest BCUT2D eigenvalue weighted by Gasteiger charge is 2.14. The van der Waals surface area contributed by atoms with Crippen molar-refractivity contribution >= 4 is 46.0 Å². The van der Waals surface area contributed by atoms with Crippen LogP contribution in [0.4, 0.5) is 0 Å². The number of hydrogen-bond acceptors (Lipinski definition) is 4. The smallest absolute Gasteiger partial charge is 0.146 e. The summed E-state index contributed by atoms with van der Waals surface area (Å²) in [6, 6.07) is 0. The first-order valence-corrected chi connectivity index (χ1v) is 7.61. The van der Waals surface area contributed by atoms with Crippen molar-refractivity contribution in [3.8, 4) is 0 Å². The molecule has 0 saturated carbocycles. The number of nitrogens with zero attached hydrogens (tertiary/aromatic N) is 2. The molecule has 0 aliphatic rings. The molecule has 96 valence electrons. The first-order chi connectivity index (χ1) is 7.83. The van der Waals surface area contributed by atoms with Gasteiger partial charge in [0.05, 0.1) is 21.6 Å². The zero-order chi connectivity index (χ0) is 13.1. The lowest BCUT2D eigenvalue weighted by Crippen LogP contribution is -2.10. The van der Waals surface area contributed by atoms with Crippen LogP contribution in [-0.4, -0.2) is 21.8 Å². The van der Waals surface area contributed by atoms with E-state index in [-0.39, 0.29) is 4.75 Å². The van der Waals surface area contributed by atoms with Gasteiger partial charge in [0.2, 0.25) is 0 Å². The lowest BCUT2D eigenvalue weighted by molar-refractivity contribution is 0.180. The molecule has 0 bridgehead atoms. The molecule has 17 heavy (non-hydrogen) atoms. The quantitative estimate of drug-likeness (QED) is 0.580. The Morgan fingerprint density at radius 3 is 2.53 bits per heavy atom. The van der Waals surface area contributed by atoms with E-state index in [1.54, 1.807) is 18.9 Å². The Morgan fingerprint density at radius 2 is 2.00 bits per heavy atom. The fourth-order valence-corrected chi connectivity index (χ4v) is 2.38. The van der Waals surface area contributed by atoms with Crippen LogP contribution < -0.4 is 0 Å². The number of thioether (sulfide) groups is 1. The molecule has 0 N–H and O–H groups in total. The van der Waals surface area contributed by atoms with E-state index in [4.69, 9.17) is 16.3 Å². The Kier molecular flexibility index (Phi) is 5.95. The molecule has 0 saturated heterocycles. The molecule has 1 heterocycles. The maximum atomic E-state index is 6.08. The molecule has 6 heteroatoms. The van der Waals surface area contributed by atoms with Crippen LogP contribution >= 0.6 is 46.0 Å². The number of rotatable bonds is 4. The lowest BCUT2D eigenvalue weighted by atomic mass is 10.3. The second-order valence-corrected chi connectivity index (χ2v) is 7.76. The molecule has 0 aromatic carbocycles. The van der Waals surface area contributed by atoms with Crippen LogP contribution in [0.2, 0.25) is 5.15 Å². The average molecular weight is 387 g/mol. The van der Waals surface area contributed by atoms with E-state index in [1.165, 1.54) is 0 Å². The SMILES string of the molecule is COCc1nc(CSC(C)(C)C)nc(Cl)c1I. The van der Waals surface area contributed by atoms with Crippen LogP contribution in [0.1, 0.15) is 32.3 Å². The number of aromatic nitrogens is 2. The summed E-state index contributed by atoms with van der Waals surface area (Å²) in [5.74, 6) is 1.53. The Hall–Kier alpha value is 0.410. The van der Waals surface area contributed by atoms with Gasteiger partial charge in [-0.3, -0.25) is 0 Å². The van der Waals surface area contributed by atoms with Crippen molar-refractivity contribution in [1.29, 1.82) is 0 Å². The number of halogens is 2. The largest absolute Gasteiger partial charge is 0.378 e. The molecule has 0 radical (unpaired) electrons. The van der Waals surface area contributed by atoms with Gasteiger partial charge < -0.3 is 4.74 Å². The minimum absolute atomic E-state index is 0.195. The van der Waals surface area contributed by atoms with Gasteiger partial charge in [0.25, 0.3) is 0 Å². The summed E-state index contributed by atoms with van der Waals surface area (Å²) in [5.41, 5.74) is 0.859. The van der Waals surface area contributed by atoms with Gasteiger partial charge in [-0.1, -0.05) is 32.4 Å². The van der Waals surface area contributed by atoms with Gasteiger partial charge in [-0.15, -0.1) is 11.8 Å². The molecule has 0 fully saturated rings. The first-order valence-electron chi connectivity index (χ1n) is 5.17. The van der Waals surface area contributed by atoms with Crippen molar-refractivity contribution in [3.63, 3.8) is 0 Å². The molecule has 0 amide bonds. The van der Waals surface area contributed by atoms with Gasteiger partial charge >= 0.3 is 0 Å². The second kappa shape index (κ2) is 6.54. The van der Waals surface area contributed by atoms with Gasteiger partial charge in [0, 0.05) is 11.9 Å². The predicted octanol–water partition coefficient (Wildman–Crippen LogP) is 3.91. The summed E-state index contributed by atoms with van der Waals surface area (Å²) in [5, 5.41) is 0.511. The zero-order valence-electron chi connectivity index (χ0n) is 10.4. The minimum Gasteiger partial charge on any atom is -0.378 e. The molecular weight excluding hydrogens is 371 g/mol. The van der Waals surface area contributed by atoms with E-state index >= 15 is 0 Å². The van der Waals surface area contributed by atoms with Crippen molar-refractivity contribution in [1.82, 2.24) is 9.97 Å². The summed E-state index contributed by atoms with van der Waals surface area (Å²) >= 11 is 10.0. The van der Waals surface area contributed by atoms with E-state index in [2.05, 4.69) is 53.3 Å². The van der Waals surface area contributed by atoms with Crippen LogP contribution in [0.25, 0.3) is 0 Å². The van der Waals surface area contributed by atoms with Crippen molar-refractivity contribution < 1.29 is 4.74 Å². The molecule has 1 aromatic rings. The number of hydrogen-bond donors (Lipinski definition) is 0. The fourth-order valence-electron chi connectivity index (χ4n) is 1.09. The Labute approximate surface area is 125 Å². The van der Waals surface area contributed by atoms with Gasteiger partial charge in [0.1, 0.15) is 11.0 Å². The monoisotopic (exact) mass is 386 g/mol. The van der Waals surface area contributed by atoms with Crippen molar-refractivity contribution in [2.45, 2.75) is 37.9 Å². The highest BCUT2D eigenvalue weighted by Crippen LogP contribution is 2.27. The molecule has 1 rings (SSSR count). The van der Waals surface area contributed by atoms with E-state index in [0.717, 1.165) is 20.8 Å². The van der Waals surface area contributed by atoms with Crippen molar-refractivity contribution in [2.75, 3.05) is 7.11 Å². The molecule has 0 unspecified atom stereocenters. The van der Waals surface area contributed by atoms with Crippen LogP contribution in [-0.2, 0) is 17.1 Å². The molecule has 0 aliphatic carbocycles. The Balaban J connectivity index is 2.86. The molecule has 1 aromatic heterocycles. The fraction of sp³-hybridized carbons (Fsp3) is 0.636. The summed E-state index contributed by atoms with van der Waals surface area (Å²) < 4.78 is 6.17. The van der Waals surface area contributed by atoms with Gasteiger partial charge in [-0.2, -0.15) is 0 Å². The standard InChI is InChI=1S/C11H16ClIN2OS/c1-11(2,3)17-6-8-14-7(5-16-4)9(13)10(12)15-8/h5-6H2,1-4H3. The summed E-state index contributed by atoms with van der Waals surface area (Å²) in [6.07, 6.45) is 0.